The van der Waals surface area contributed by atoms with Crippen molar-refractivity contribution in [3.8, 4) is 0 Å². The summed E-state index contributed by atoms with van der Waals surface area (Å²) in [4.78, 5) is 24.6. The molecule has 0 radical (unpaired) electrons. The molecule has 3 aromatic rings. The van der Waals surface area contributed by atoms with Crippen molar-refractivity contribution in [2.45, 2.75) is 12.0 Å². The number of hydrogen-bond acceptors (Lipinski definition) is 2. The minimum atomic E-state index is -1.22. The fourth-order valence-corrected chi connectivity index (χ4v) is 3.04. The van der Waals surface area contributed by atoms with Gasteiger partial charge in [0.25, 0.3) is 5.91 Å². The molecule has 1 atom stereocenters. The Morgan fingerprint density at radius 1 is 0.815 bits per heavy atom. The molecule has 136 valence electrons. The summed E-state index contributed by atoms with van der Waals surface area (Å²) < 4.78 is 13.4. The first-order valence-electron chi connectivity index (χ1n) is 8.45. The van der Waals surface area contributed by atoms with Gasteiger partial charge in [-0.05, 0) is 29.3 Å². The van der Waals surface area contributed by atoms with Crippen molar-refractivity contribution < 1.29 is 19.1 Å². The molecule has 0 spiro atoms. The molecule has 27 heavy (non-hydrogen) atoms. The van der Waals surface area contributed by atoms with Crippen molar-refractivity contribution in [3.63, 3.8) is 0 Å². The van der Waals surface area contributed by atoms with E-state index in [0.29, 0.717) is 0 Å². The lowest BCUT2D eigenvalue weighted by atomic mass is 9.85. The molecule has 0 aliphatic carbocycles. The number of carboxylic acid groups (broad SMARTS) is 1. The van der Waals surface area contributed by atoms with E-state index in [1.165, 1.54) is 18.2 Å². The maximum atomic E-state index is 13.4. The summed E-state index contributed by atoms with van der Waals surface area (Å²) in [5, 5.41) is 12.4. The van der Waals surface area contributed by atoms with Gasteiger partial charge in [-0.15, -0.1) is 0 Å². The normalized spacial score (nSPS) is 11.8. The van der Waals surface area contributed by atoms with Gasteiger partial charge in [-0.2, -0.15) is 0 Å². The molecule has 1 amide bonds. The Labute approximate surface area is 156 Å². The lowest BCUT2D eigenvalue weighted by Gasteiger charge is -2.26. The van der Waals surface area contributed by atoms with Gasteiger partial charge in [0.15, 0.2) is 0 Å². The number of carbonyl (C=O) groups excluding carboxylic acids is 1. The number of nitrogens with one attached hydrogen (secondary N) is 1. The summed E-state index contributed by atoms with van der Waals surface area (Å²) in [5.41, 5.74) is 1.59. The van der Waals surface area contributed by atoms with Gasteiger partial charge in [0, 0.05) is 11.5 Å². The zero-order valence-electron chi connectivity index (χ0n) is 14.4. The van der Waals surface area contributed by atoms with Crippen molar-refractivity contribution >= 4 is 11.9 Å². The molecule has 0 fully saturated rings. The van der Waals surface area contributed by atoms with Gasteiger partial charge in [0.05, 0.1) is 0 Å². The average Bonchev–Trinajstić information content (AvgIpc) is 2.69. The van der Waals surface area contributed by atoms with Crippen LogP contribution < -0.4 is 5.32 Å². The van der Waals surface area contributed by atoms with E-state index in [1.807, 2.05) is 60.7 Å². The molecule has 0 aliphatic rings. The summed E-state index contributed by atoms with van der Waals surface area (Å²) in [5.74, 6) is -2.96. The predicted octanol–water partition coefficient (Wildman–Crippen LogP) is 3.84. The molecular formula is C22H18FNO3. The van der Waals surface area contributed by atoms with E-state index in [4.69, 9.17) is 0 Å². The first-order chi connectivity index (χ1) is 13.1. The Hall–Kier alpha value is -3.47. The van der Waals surface area contributed by atoms with Crippen molar-refractivity contribution in [1.82, 2.24) is 5.32 Å². The molecule has 0 aliphatic heterocycles. The van der Waals surface area contributed by atoms with Crippen molar-refractivity contribution in [2.75, 3.05) is 0 Å². The third kappa shape index (κ3) is 4.39. The minimum Gasteiger partial charge on any atom is -0.480 e. The first kappa shape index (κ1) is 18.3. The van der Waals surface area contributed by atoms with Gasteiger partial charge < -0.3 is 10.4 Å². The fraction of sp³-hybridized carbons (Fsp3) is 0.0909. The molecule has 0 saturated carbocycles. The predicted molar refractivity (Wildman–Crippen MR) is 100 cm³/mol. The highest BCUT2D eigenvalue weighted by molar-refractivity contribution is 5.97. The summed E-state index contributed by atoms with van der Waals surface area (Å²) in [7, 11) is 0. The Morgan fingerprint density at radius 2 is 1.37 bits per heavy atom. The van der Waals surface area contributed by atoms with E-state index >= 15 is 0 Å². The Bertz CT molecular complexity index is 889. The Balaban J connectivity index is 1.99. The van der Waals surface area contributed by atoms with Crippen molar-refractivity contribution in [3.05, 3.63) is 107 Å². The molecule has 0 unspecified atom stereocenters. The van der Waals surface area contributed by atoms with Crippen LogP contribution in [0, 0.1) is 5.82 Å². The molecule has 4 nitrogen and oxygen atoms in total. The average molecular weight is 363 g/mol. The number of benzene rings is 3. The molecule has 3 rings (SSSR count). The number of carbonyl (C=O) groups is 2. The fourth-order valence-electron chi connectivity index (χ4n) is 3.04. The van der Waals surface area contributed by atoms with Crippen molar-refractivity contribution in [1.29, 1.82) is 0 Å². The molecule has 5 heteroatoms. The zero-order valence-corrected chi connectivity index (χ0v) is 14.4. The second-order valence-corrected chi connectivity index (χ2v) is 6.10. The quantitative estimate of drug-likeness (QED) is 0.699. The largest absolute Gasteiger partial charge is 0.480 e. The molecule has 0 saturated heterocycles. The summed E-state index contributed by atoms with van der Waals surface area (Å²) in [6.45, 7) is 0. The third-order valence-corrected chi connectivity index (χ3v) is 4.29. The SMILES string of the molecule is O=C(N[C@H](C(=O)O)C(c1ccccc1)c1ccccc1)c1cccc(F)c1. The summed E-state index contributed by atoms with van der Waals surface area (Å²) in [6.07, 6.45) is 0. The van der Waals surface area contributed by atoms with Crippen LogP contribution in [0.4, 0.5) is 4.39 Å². The highest BCUT2D eigenvalue weighted by Crippen LogP contribution is 2.28. The van der Waals surface area contributed by atoms with Gasteiger partial charge in [0.2, 0.25) is 0 Å². The number of rotatable bonds is 6. The van der Waals surface area contributed by atoms with Crippen LogP contribution in [-0.4, -0.2) is 23.0 Å². The highest BCUT2D eigenvalue weighted by atomic mass is 19.1. The van der Waals surface area contributed by atoms with E-state index in [9.17, 15) is 19.1 Å². The lowest BCUT2D eigenvalue weighted by Crippen LogP contribution is -2.45. The molecular weight excluding hydrogens is 345 g/mol. The number of carboxylic acids is 1. The van der Waals surface area contributed by atoms with Crippen LogP contribution in [0.15, 0.2) is 84.9 Å². The Kier molecular flexibility index (Phi) is 5.61. The van der Waals surface area contributed by atoms with Crippen LogP contribution in [0.25, 0.3) is 0 Å². The van der Waals surface area contributed by atoms with E-state index in [-0.39, 0.29) is 5.56 Å². The van der Waals surface area contributed by atoms with Crippen LogP contribution >= 0.6 is 0 Å². The van der Waals surface area contributed by atoms with E-state index < -0.39 is 29.7 Å². The second-order valence-electron chi connectivity index (χ2n) is 6.10. The number of amides is 1. The molecule has 0 bridgehead atoms. The van der Waals surface area contributed by atoms with Gasteiger partial charge in [-0.25, -0.2) is 9.18 Å². The highest BCUT2D eigenvalue weighted by Gasteiger charge is 2.32. The standard InChI is InChI=1S/C22H18FNO3/c23-18-13-7-12-17(14-18)21(25)24-20(22(26)27)19(15-8-3-1-4-9-15)16-10-5-2-6-11-16/h1-14,19-20H,(H,24,25)(H,26,27)/t20-/m0/s1. The van der Waals surface area contributed by atoms with Crippen molar-refractivity contribution in [2.24, 2.45) is 0 Å². The number of hydrogen-bond donors (Lipinski definition) is 2. The summed E-state index contributed by atoms with van der Waals surface area (Å²) in [6, 6.07) is 22.2. The monoisotopic (exact) mass is 363 g/mol. The van der Waals surface area contributed by atoms with Crippen LogP contribution in [0.3, 0.4) is 0 Å². The maximum Gasteiger partial charge on any atom is 0.327 e. The lowest BCUT2D eigenvalue weighted by molar-refractivity contribution is -0.139. The molecule has 3 aromatic carbocycles. The van der Waals surface area contributed by atoms with Gasteiger partial charge >= 0.3 is 5.97 Å². The molecule has 0 aromatic heterocycles. The smallest absolute Gasteiger partial charge is 0.327 e. The van der Waals surface area contributed by atoms with Crippen LogP contribution in [0.5, 0.6) is 0 Å². The van der Waals surface area contributed by atoms with Gasteiger partial charge in [-0.1, -0.05) is 66.7 Å². The maximum absolute atomic E-state index is 13.4. The van der Waals surface area contributed by atoms with Crippen LogP contribution in [0.1, 0.15) is 27.4 Å². The van der Waals surface area contributed by atoms with Gasteiger partial charge in [0.1, 0.15) is 11.9 Å². The van der Waals surface area contributed by atoms with Crippen LogP contribution in [-0.2, 0) is 4.79 Å². The van der Waals surface area contributed by atoms with E-state index in [2.05, 4.69) is 5.32 Å². The molecule has 2 N–H and O–H groups in total. The van der Waals surface area contributed by atoms with E-state index in [0.717, 1.165) is 17.2 Å². The number of halogens is 1. The van der Waals surface area contributed by atoms with Crippen LogP contribution in [0.2, 0.25) is 0 Å². The molecule has 0 heterocycles. The summed E-state index contributed by atoms with van der Waals surface area (Å²) >= 11 is 0. The second kappa shape index (κ2) is 8.27. The Morgan fingerprint density at radius 3 is 1.85 bits per heavy atom. The topological polar surface area (TPSA) is 66.4 Å². The number of aliphatic carboxylic acids is 1. The third-order valence-electron chi connectivity index (χ3n) is 4.29. The van der Waals surface area contributed by atoms with E-state index in [1.54, 1.807) is 0 Å². The minimum absolute atomic E-state index is 0.0705. The van der Waals surface area contributed by atoms with Gasteiger partial charge in [-0.3, -0.25) is 4.79 Å². The zero-order chi connectivity index (χ0) is 19.2. The first-order valence-corrected chi connectivity index (χ1v) is 8.45.